The van der Waals surface area contributed by atoms with Crippen molar-refractivity contribution in [2.24, 2.45) is 0 Å². The van der Waals surface area contributed by atoms with E-state index in [1.807, 2.05) is 21.9 Å². The number of nitrogens with one attached hydrogen (secondary N) is 1. The summed E-state index contributed by atoms with van der Waals surface area (Å²) in [6, 6.07) is 3.91. The summed E-state index contributed by atoms with van der Waals surface area (Å²) in [6.45, 7) is 4.54. The monoisotopic (exact) mass is 350 g/mol. The average molecular weight is 350 g/mol. The van der Waals surface area contributed by atoms with Crippen LogP contribution in [0.25, 0.3) is 0 Å². The first-order valence-electron chi connectivity index (χ1n) is 7.49. The van der Waals surface area contributed by atoms with Gasteiger partial charge in [0.1, 0.15) is 0 Å². The topological polar surface area (TPSA) is 69.3 Å². The zero-order valence-corrected chi connectivity index (χ0v) is 14.5. The van der Waals surface area contributed by atoms with Crippen LogP contribution in [-0.2, 0) is 0 Å². The van der Waals surface area contributed by atoms with Crippen LogP contribution in [0.15, 0.2) is 33.5 Å². The SMILES string of the molecule is CCSc1ccc(C(=O)N2CCN(c3ncc[nH]c3=O)CC2)s1. The van der Waals surface area contributed by atoms with Gasteiger partial charge in [-0.25, -0.2) is 4.98 Å². The molecule has 8 heteroatoms. The molecule has 0 saturated carbocycles. The Bertz CT molecular complexity index is 735. The van der Waals surface area contributed by atoms with E-state index in [1.165, 1.54) is 10.4 Å². The molecule has 1 aliphatic rings. The molecule has 3 rings (SSSR count). The van der Waals surface area contributed by atoms with Crippen molar-refractivity contribution in [2.75, 3.05) is 36.8 Å². The molecule has 1 aliphatic heterocycles. The first-order chi connectivity index (χ1) is 11.2. The molecule has 23 heavy (non-hydrogen) atoms. The number of carbonyl (C=O) groups excluding carboxylic acids is 1. The van der Waals surface area contributed by atoms with Crippen LogP contribution in [0.5, 0.6) is 0 Å². The summed E-state index contributed by atoms with van der Waals surface area (Å²) in [7, 11) is 0. The summed E-state index contributed by atoms with van der Waals surface area (Å²) in [4.78, 5) is 35.6. The second-order valence-electron chi connectivity index (χ2n) is 5.07. The lowest BCUT2D eigenvalue weighted by Gasteiger charge is -2.34. The lowest BCUT2D eigenvalue weighted by atomic mass is 10.3. The summed E-state index contributed by atoms with van der Waals surface area (Å²) in [5.74, 6) is 1.51. The van der Waals surface area contributed by atoms with Gasteiger partial charge >= 0.3 is 0 Å². The minimum absolute atomic E-state index is 0.0764. The van der Waals surface area contributed by atoms with Crippen molar-refractivity contribution in [2.45, 2.75) is 11.1 Å². The van der Waals surface area contributed by atoms with Crippen LogP contribution in [0.2, 0.25) is 0 Å². The van der Waals surface area contributed by atoms with Crippen molar-refractivity contribution in [3.8, 4) is 0 Å². The molecule has 0 aliphatic carbocycles. The highest BCUT2D eigenvalue weighted by molar-refractivity contribution is 8.01. The van der Waals surface area contributed by atoms with Crippen molar-refractivity contribution >= 4 is 34.8 Å². The number of thiophene rings is 1. The third kappa shape index (κ3) is 3.59. The number of piperazine rings is 1. The van der Waals surface area contributed by atoms with E-state index in [9.17, 15) is 9.59 Å². The van der Waals surface area contributed by atoms with Gasteiger partial charge < -0.3 is 14.8 Å². The Labute approximate surface area is 142 Å². The Morgan fingerprint density at radius 2 is 2.13 bits per heavy atom. The second-order valence-corrected chi connectivity index (χ2v) is 7.72. The van der Waals surface area contributed by atoms with Gasteiger partial charge in [0, 0.05) is 38.6 Å². The number of aromatic amines is 1. The molecule has 0 radical (unpaired) electrons. The molecule has 3 heterocycles. The Balaban J connectivity index is 1.63. The maximum Gasteiger partial charge on any atom is 0.290 e. The molecule has 2 aromatic rings. The van der Waals surface area contributed by atoms with Gasteiger partial charge in [0.15, 0.2) is 5.82 Å². The molecule has 1 fully saturated rings. The van der Waals surface area contributed by atoms with Crippen molar-refractivity contribution < 1.29 is 4.79 Å². The number of hydrogen-bond acceptors (Lipinski definition) is 6. The fourth-order valence-corrected chi connectivity index (χ4v) is 4.51. The fraction of sp³-hybridized carbons (Fsp3) is 0.400. The highest BCUT2D eigenvalue weighted by atomic mass is 32.2. The largest absolute Gasteiger partial charge is 0.348 e. The minimum atomic E-state index is -0.188. The number of aromatic nitrogens is 2. The van der Waals surface area contributed by atoms with Gasteiger partial charge in [-0.3, -0.25) is 9.59 Å². The van der Waals surface area contributed by atoms with E-state index >= 15 is 0 Å². The molecular formula is C15H18N4O2S2. The van der Waals surface area contributed by atoms with Gasteiger partial charge in [-0.05, 0) is 17.9 Å². The van der Waals surface area contributed by atoms with E-state index in [0.29, 0.717) is 32.0 Å². The van der Waals surface area contributed by atoms with E-state index < -0.39 is 0 Å². The standard InChI is InChI=1S/C15H18N4O2S2/c1-2-22-12-4-3-11(23-12)15(21)19-9-7-18(8-10-19)13-14(20)17-6-5-16-13/h3-6H,2,7-10H2,1H3,(H,17,20). The normalized spacial score (nSPS) is 15.0. The van der Waals surface area contributed by atoms with E-state index in [-0.39, 0.29) is 11.5 Å². The number of rotatable bonds is 4. The van der Waals surface area contributed by atoms with Gasteiger partial charge in [-0.15, -0.1) is 23.1 Å². The highest BCUT2D eigenvalue weighted by Crippen LogP contribution is 2.28. The number of anilines is 1. The fourth-order valence-electron chi connectivity index (χ4n) is 2.50. The lowest BCUT2D eigenvalue weighted by molar-refractivity contribution is 0.0751. The molecule has 2 aromatic heterocycles. The Morgan fingerprint density at radius 1 is 1.35 bits per heavy atom. The summed E-state index contributed by atoms with van der Waals surface area (Å²) >= 11 is 3.30. The van der Waals surface area contributed by atoms with Crippen LogP contribution in [0.3, 0.4) is 0 Å². The predicted molar refractivity (Wildman–Crippen MR) is 93.7 cm³/mol. The smallest absolute Gasteiger partial charge is 0.290 e. The summed E-state index contributed by atoms with van der Waals surface area (Å²) in [5, 5.41) is 0. The third-order valence-corrected chi connectivity index (χ3v) is 5.81. The Hall–Kier alpha value is -1.80. The van der Waals surface area contributed by atoms with Crippen molar-refractivity contribution in [1.29, 1.82) is 0 Å². The third-order valence-electron chi connectivity index (χ3n) is 3.63. The molecule has 0 spiro atoms. The lowest BCUT2D eigenvalue weighted by Crippen LogP contribution is -2.50. The summed E-state index contributed by atoms with van der Waals surface area (Å²) in [5.41, 5.74) is -0.188. The number of thioether (sulfide) groups is 1. The van der Waals surface area contributed by atoms with E-state index in [4.69, 9.17) is 0 Å². The highest BCUT2D eigenvalue weighted by Gasteiger charge is 2.24. The average Bonchev–Trinajstić information content (AvgIpc) is 3.04. The molecule has 122 valence electrons. The van der Waals surface area contributed by atoms with Gasteiger partial charge in [-0.2, -0.15) is 0 Å². The molecule has 6 nitrogen and oxygen atoms in total. The van der Waals surface area contributed by atoms with Crippen molar-refractivity contribution in [3.05, 3.63) is 39.8 Å². The number of H-pyrrole nitrogens is 1. The van der Waals surface area contributed by atoms with Crippen LogP contribution in [0.1, 0.15) is 16.6 Å². The van der Waals surface area contributed by atoms with Crippen LogP contribution >= 0.6 is 23.1 Å². The molecule has 1 amide bonds. The van der Waals surface area contributed by atoms with Crippen molar-refractivity contribution in [3.63, 3.8) is 0 Å². The number of hydrogen-bond donors (Lipinski definition) is 1. The van der Waals surface area contributed by atoms with Crippen molar-refractivity contribution in [1.82, 2.24) is 14.9 Å². The molecule has 0 unspecified atom stereocenters. The first kappa shape index (κ1) is 16.1. The van der Waals surface area contributed by atoms with Gasteiger partial charge in [0.05, 0.1) is 9.09 Å². The summed E-state index contributed by atoms with van der Waals surface area (Å²) in [6.07, 6.45) is 3.10. The molecule has 0 aromatic carbocycles. The predicted octanol–water partition coefficient (Wildman–Crippen LogP) is 1.91. The van der Waals surface area contributed by atoms with Gasteiger partial charge in [0.2, 0.25) is 0 Å². The van der Waals surface area contributed by atoms with Gasteiger partial charge in [-0.1, -0.05) is 6.92 Å². The quantitative estimate of drug-likeness (QED) is 0.853. The van der Waals surface area contributed by atoms with E-state index in [2.05, 4.69) is 16.9 Å². The maximum absolute atomic E-state index is 12.6. The molecule has 0 bridgehead atoms. The molecule has 0 atom stereocenters. The van der Waals surface area contributed by atoms with Crippen LogP contribution in [0, 0.1) is 0 Å². The Morgan fingerprint density at radius 3 is 2.83 bits per heavy atom. The minimum Gasteiger partial charge on any atom is -0.348 e. The van der Waals surface area contributed by atoms with Gasteiger partial charge in [0.25, 0.3) is 11.5 Å². The number of carbonyl (C=O) groups is 1. The first-order valence-corrected chi connectivity index (χ1v) is 9.30. The van der Waals surface area contributed by atoms with Crippen LogP contribution in [0.4, 0.5) is 5.82 Å². The number of nitrogens with zero attached hydrogens (tertiary/aromatic N) is 3. The second kappa shape index (κ2) is 7.18. The number of amides is 1. The van der Waals surface area contributed by atoms with E-state index in [1.54, 1.807) is 29.3 Å². The maximum atomic E-state index is 12.6. The van der Waals surface area contributed by atoms with Crippen LogP contribution in [-0.4, -0.2) is 52.7 Å². The molecule has 1 N–H and O–H groups in total. The molecule has 1 saturated heterocycles. The zero-order chi connectivity index (χ0) is 16.2. The molecular weight excluding hydrogens is 332 g/mol. The van der Waals surface area contributed by atoms with Crippen LogP contribution < -0.4 is 10.5 Å². The zero-order valence-electron chi connectivity index (χ0n) is 12.8. The van der Waals surface area contributed by atoms with E-state index in [0.717, 1.165) is 10.6 Å². The Kier molecular flexibility index (Phi) is 5.02. The summed E-state index contributed by atoms with van der Waals surface area (Å²) < 4.78 is 1.18.